The summed E-state index contributed by atoms with van der Waals surface area (Å²) in [5.41, 5.74) is 1.36. The fourth-order valence-corrected chi connectivity index (χ4v) is 1.59. The molecule has 0 bridgehead atoms. The van der Waals surface area contributed by atoms with Crippen LogP contribution in [0.2, 0.25) is 0 Å². The van der Waals surface area contributed by atoms with E-state index in [1.165, 1.54) is 0 Å². The van der Waals surface area contributed by atoms with Gasteiger partial charge in [-0.1, -0.05) is 20.8 Å². The maximum atomic E-state index is 11.2. The first-order valence-corrected chi connectivity index (χ1v) is 6.14. The molecule has 1 aromatic heterocycles. The second-order valence-electron chi connectivity index (χ2n) is 5.33. The van der Waals surface area contributed by atoms with Gasteiger partial charge in [0.05, 0.1) is 6.61 Å². The van der Waals surface area contributed by atoms with Crippen molar-refractivity contribution in [3.8, 4) is 5.88 Å². The molecule has 0 aliphatic carbocycles. The normalized spacial score (nSPS) is 11.1. The van der Waals surface area contributed by atoms with Gasteiger partial charge in [-0.05, 0) is 30.4 Å². The van der Waals surface area contributed by atoms with Crippen LogP contribution in [0.5, 0.6) is 5.88 Å². The predicted octanol–water partition coefficient (Wildman–Crippen LogP) is 2.61. The first-order valence-electron chi connectivity index (χ1n) is 6.14. The van der Waals surface area contributed by atoms with E-state index >= 15 is 0 Å². The summed E-state index contributed by atoms with van der Waals surface area (Å²) in [5.74, 6) is 0.0883. The highest BCUT2D eigenvalue weighted by molar-refractivity contribution is 5.70. The van der Waals surface area contributed by atoms with Gasteiger partial charge < -0.3 is 9.47 Å². The molecule has 0 N–H and O–H groups in total. The first kappa shape index (κ1) is 14.5. The molecule has 0 amide bonds. The molecule has 18 heavy (non-hydrogen) atoms. The smallest absolute Gasteiger partial charge is 0.344 e. The summed E-state index contributed by atoms with van der Waals surface area (Å²) >= 11 is 0. The highest BCUT2D eigenvalue weighted by Crippen LogP contribution is 2.21. The van der Waals surface area contributed by atoms with Gasteiger partial charge in [0, 0.05) is 12.3 Å². The number of aromatic nitrogens is 1. The second-order valence-corrected chi connectivity index (χ2v) is 5.33. The number of ether oxygens (including phenoxy) is 2. The van der Waals surface area contributed by atoms with Crippen molar-refractivity contribution in [2.24, 2.45) is 5.41 Å². The summed E-state index contributed by atoms with van der Waals surface area (Å²) < 4.78 is 10.1. The number of esters is 1. The van der Waals surface area contributed by atoms with E-state index in [9.17, 15) is 4.79 Å². The van der Waals surface area contributed by atoms with E-state index in [0.29, 0.717) is 12.5 Å². The molecule has 4 heteroatoms. The van der Waals surface area contributed by atoms with Crippen LogP contribution in [0.3, 0.4) is 0 Å². The van der Waals surface area contributed by atoms with Crippen LogP contribution in [0.4, 0.5) is 0 Å². The summed E-state index contributed by atoms with van der Waals surface area (Å²) in [4.78, 5) is 15.2. The molecule has 1 aromatic rings. The maximum absolute atomic E-state index is 11.2. The Bertz CT molecular complexity index is 396. The van der Waals surface area contributed by atoms with Crippen LogP contribution in [0.25, 0.3) is 0 Å². The van der Waals surface area contributed by atoms with Gasteiger partial charge in [0.15, 0.2) is 6.61 Å². The maximum Gasteiger partial charge on any atom is 0.344 e. The fourth-order valence-electron chi connectivity index (χ4n) is 1.59. The van der Waals surface area contributed by atoms with Crippen molar-refractivity contribution in [2.75, 3.05) is 13.2 Å². The zero-order chi connectivity index (χ0) is 13.6. The third-order valence-corrected chi connectivity index (χ3v) is 2.18. The zero-order valence-corrected chi connectivity index (χ0v) is 11.5. The summed E-state index contributed by atoms with van der Waals surface area (Å²) in [5, 5.41) is 0. The van der Waals surface area contributed by atoms with Crippen molar-refractivity contribution in [1.82, 2.24) is 4.98 Å². The van der Waals surface area contributed by atoms with E-state index in [1.54, 1.807) is 13.1 Å². The molecule has 0 unspecified atom stereocenters. The summed E-state index contributed by atoms with van der Waals surface area (Å²) in [6.07, 6.45) is 2.63. The Morgan fingerprint density at radius 1 is 1.39 bits per heavy atom. The van der Waals surface area contributed by atoms with Crippen molar-refractivity contribution in [3.05, 3.63) is 23.9 Å². The van der Waals surface area contributed by atoms with Crippen molar-refractivity contribution in [2.45, 2.75) is 34.1 Å². The molecule has 0 radical (unpaired) electrons. The lowest BCUT2D eigenvalue weighted by Gasteiger charge is -2.18. The van der Waals surface area contributed by atoms with Crippen molar-refractivity contribution < 1.29 is 14.3 Å². The highest BCUT2D eigenvalue weighted by Gasteiger charge is 2.12. The number of hydrogen-bond acceptors (Lipinski definition) is 4. The molecular weight excluding hydrogens is 230 g/mol. The number of hydrogen-bond donors (Lipinski definition) is 0. The van der Waals surface area contributed by atoms with Crippen LogP contribution in [0.15, 0.2) is 18.3 Å². The number of carbonyl (C=O) groups excluding carboxylic acids is 1. The molecule has 0 aliphatic heterocycles. The van der Waals surface area contributed by atoms with Gasteiger partial charge in [-0.3, -0.25) is 0 Å². The van der Waals surface area contributed by atoms with Gasteiger partial charge in [-0.15, -0.1) is 0 Å². The largest absolute Gasteiger partial charge is 0.466 e. The van der Waals surface area contributed by atoms with Crippen molar-refractivity contribution >= 4 is 5.97 Å². The number of carbonyl (C=O) groups is 1. The van der Waals surface area contributed by atoms with Crippen molar-refractivity contribution in [1.29, 1.82) is 0 Å². The third-order valence-electron chi connectivity index (χ3n) is 2.18. The molecule has 0 saturated carbocycles. The lowest BCUT2D eigenvalue weighted by molar-refractivity contribution is -0.145. The molecular formula is C14H21NO3. The second kappa shape index (κ2) is 6.38. The van der Waals surface area contributed by atoms with Crippen LogP contribution in [0.1, 0.15) is 33.3 Å². The van der Waals surface area contributed by atoms with E-state index in [4.69, 9.17) is 9.47 Å². The third kappa shape index (κ3) is 5.66. The summed E-state index contributed by atoms with van der Waals surface area (Å²) in [7, 11) is 0. The number of pyridine rings is 1. The SMILES string of the molecule is CCOC(=O)COc1cc(CC(C)(C)C)ccn1. The van der Waals surface area contributed by atoms with E-state index < -0.39 is 0 Å². The molecule has 0 saturated heterocycles. The Morgan fingerprint density at radius 2 is 2.11 bits per heavy atom. The van der Waals surface area contributed by atoms with Gasteiger partial charge in [-0.2, -0.15) is 0 Å². The summed E-state index contributed by atoms with van der Waals surface area (Å²) in [6.45, 7) is 8.55. The molecule has 0 aliphatic rings. The Kier molecular flexibility index (Phi) is 5.13. The molecule has 1 rings (SSSR count). The Morgan fingerprint density at radius 3 is 2.72 bits per heavy atom. The van der Waals surface area contributed by atoms with Gasteiger partial charge in [-0.25, -0.2) is 9.78 Å². The van der Waals surface area contributed by atoms with Gasteiger partial charge in [0.1, 0.15) is 0 Å². The lowest BCUT2D eigenvalue weighted by Crippen LogP contribution is -2.15. The van der Waals surface area contributed by atoms with Crippen LogP contribution in [0, 0.1) is 5.41 Å². The molecule has 100 valence electrons. The van der Waals surface area contributed by atoms with Crippen LogP contribution < -0.4 is 4.74 Å². The van der Waals surface area contributed by atoms with Crippen LogP contribution in [-0.4, -0.2) is 24.2 Å². The van der Waals surface area contributed by atoms with Crippen LogP contribution >= 0.6 is 0 Å². The molecule has 0 fully saturated rings. The number of rotatable bonds is 5. The quantitative estimate of drug-likeness (QED) is 0.755. The van der Waals surface area contributed by atoms with E-state index in [-0.39, 0.29) is 18.0 Å². The zero-order valence-electron chi connectivity index (χ0n) is 11.5. The van der Waals surface area contributed by atoms with Crippen LogP contribution in [-0.2, 0) is 16.0 Å². The minimum Gasteiger partial charge on any atom is -0.466 e. The number of nitrogens with zero attached hydrogens (tertiary/aromatic N) is 1. The van der Waals surface area contributed by atoms with E-state index in [1.807, 2.05) is 12.1 Å². The molecule has 4 nitrogen and oxygen atoms in total. The van der Waals surface area contributed by atoms with Gasteiger partial charge >= 0.3 is 5.97 Å². The molecule has 0 aromatic carbocycles. The Hall–Kier alpha value is -1.58. The average Bonchev–Trinajstić information content (AvgIpc) is 2.25. The Labute approximate surface area is 108 Å². The molecule has 0 spiro atoms. The highest BCUT2D eigenvalue weighted by atomic mass is 16.6. The topological polar surface area (TPSA) is 48.4 Å². The lowest BCUT2D eigenvalue weighted by atomic mass is 9.88. The minimum atomic E-state index is -0.375. The minimum absolute atomic E-state index is 0.0974. The van der Waals surface area contributed by atoms with Gasteiger partial charge in [0.2, 0.25) is 5.88 Å². The standard InChI is InChI=1S/C14H21NO3/c1-5-17-13(16)10-18-12-8-11(6-7-15-12)9-14(2,3)4/h6-8H,5,9-10H2,1-4H3. The van der Waals surface area contributed by atoms with Crippen molar-refractivity contribution in [3.63, 3.8) is 0 Å². The van der Waals surface area contributed by atoms with E-state index in [0.717, 1.165) is 12.0 Å². The predicted molar refractivity (Wildman–Crippen MR) is 69.5 cm³/mol. The molecule has 0 atom stereocenters. The first-order chi connectivity index (χ1) is 8.40. The molecule has 1 heterocycles. The monoisotopic (exact) mass is 251 g/mol. The van der Waals surface area contributed by atoms with Gasteiger partial charge in [0.25, 0.3) is 0 Å². The fraction of sp³-hybridized carbons (Fsp3) is 0.571. The average molecular weight is 251 g/mol. The Balaban J connectivity index is 2.57. The summed E-state index contributed by atoms with van der Waals surface area (Å²) in [6, 6.07) is 3.83. The van der Waals surface area contributed by atoms with E-state index in [2.05, 4.69) is 25.8 Å².